The Morgan fingerprint density at radius 3 is 2.38 bits per heavy atom. The summed E-state index contributed by atoms with van der Waals surface area (Å²) in [5.74, 6) is 1.33. The summed E-state index contributed by atoms with van der Waals surface area (Å²) >= 11 is 0.997. The highest BCUT2D eigenvalue weighted by Crippen LogP contribution is 2.35. The highest BCUT2D eigenvalue weighted by molar-refractivity contribution is 8.15. The van der Waals surface area contributed by atoms with Crippen molar-refractivity contribution in [2.24, 2.45) is 0 Å². The smallest absolute Gasteiger partial charge is 0.286 e. The Kier molecular flexibility index (Phi) is 9.27. The highest BCUT2D eigenvalue weighted by Gasteiger charge is 2.32. The van der Waals surface area contributed by atoms with E-state index in [0.717, 1.165) is 59.0 Å². The number of rotatable bonds is 12. The van der Waals surface area contributed by atoms with Crippen molar-refractivity contribution in [1.82, 2.24) is 5.32 Å². The molecule has 4 rings (SSSR count). The zero-order chi connectivity index (χ0) is 26.0. The Morgan fingerprint density at radius 2 is 1.70 bits per heavy atom. The molecule has 1 fully saturated rings. The Labute approximate surface area is 222 Å². The summed E-state index contributed by atoms with van der Waals surface area (Å²) in [5.41, 5.74) is 5.18. The fourth-order valence-electron chi connectivity index (χ4n) is 4.14. The van der Waals surface area contributed by atoms with E-state index in [0.29, 0.717) is 19.0 Å². The van der Waals surface area contributed by atoms with Gasteiger partial charge in [-0.25, -0.2) is 0 Å². The minimum Gasteiger partial charge on any atom is -0.504 e. The largest absolute Gasteiger partial charge is 0.504 e. The molecule has 2 amide bonds. The number of hydrogen-bond donors (Lipinski definition) is 1. The third-order valence-electron chi connectivity index (χ3n) is 5.90. The number of aryl methyl sites for hydroxylation is 1. The summed E-state index contributed by atoms with van der Waals surface area (Å²) in [7, 11) is 1.67. The fourth-order valence-corrected chi connectivity index (χ4v) is 4.97. The van der Waals surface area contributed by atoms with Crippen LogP contribution >= 0.6 is 11.8 Å². The van der Waals surface area contributed by atoms with Crippen molar-refractivity contribution in [3.05, 3.63) is 101 Å². The van der Waals surface area contributed by atoms with Gasteiger partial charge in [0.05, 0.1) is 26.6 Å². The molecule has 0 spiro atoms. The van der Waals surface area contributed by atoms with Crippen LogP contribution in [-0.2, 0) is 16.0 Å². The van der Waals surface area contributed by atoms with Gasteiger partial charge in [0, 0.05) is 12.0 Å². The molecule has 0 aromatic heterocycles. The number of ether oxygens (including phenoxy) is 3. The number of amides is 2. The summed E-state index contributed by atoms with van der Waals surface area (Å²) in [6, 6.07) is 23.8. The van der Waals surface area contributed by atoms with Crippen molar-refractivity contribution >= 4 is 28.5 Å². The molecule has 0 saturated carbocycles. The van der Waals surface area contributed by atoms with Crippen LogP contribution in [0.15, 0.2) is 79.1 Å². The number of nitrogens with one attached hydrogen (secondary N) is 1. The van der Waals surface area contributed by atoms with E-state index >= 15 is 0 Å². The Hall–Kier alpha value is -3.71. The molecular formula is C30H31NO5S. The third-order valence-corrected chi connectivity index (χ3v) is 6.94. The summed E-state index contributed by atoms with van der Waals surface area (Å²) < 4.78 is 17.3. The van der Waals surface area contributed by atoms with Crippen molar-refractivity contribution in [2.75, 3.05) is 20.3 Å². The normalized spacial score (nSPS) is 15.4. The van der Waals surface area contributed by atoms with Crippen LogP contribution in [0.2, 0.25) is 0 Å². The van der Waals surface area contributed by atoms with Crippen LogP contribution in [0.1, 0.15) is 47.3 Å². The van der Waals surface area contributed by atoms with E-state index in [-0.39, 0.29) is 11.1 Å². The first-order chi connectivity index (χ1) is 18.1. The molecule has 0 radical (unpaired) electrons. The Balaban J connectivity index is 1.31. The molecule has 1 heterocycles. The van der Waals surface area contributed by atoms with E-state index in [4.69, 9.17) is 14.2 Å². The van der Waals surface area contributed by atoms with E-state index < -0.39 is 5.25 Å². The van der Waals surface area contributed by atoms with E-state index in [9.17, 15) is 9.59 Å². The number of carbonyl (C=O) groups is 2. The first-order valence-corrected chi connectivity index (χ1v) is 13.3. The maximum atomic E-state index is 11.8. The zero-order valence-electron chi connectivity index (χ0n) is 21.1. The lowest BCUT2D eigenvalue weighted by molar-refractivity contribution is -0.119. The number of imide groups is 1. The van der Waals surface area contributed by atoms with Gasteiger partial charge in [-0.1, -0.05) is 61.9 Å². The molecule has 1 N–H and O–H groups in total. The van der Waals surface area contributed by atoms with Gasteiger partial charge in [0.15, 0.2) is 0 Å². The third kappa shape index (κ3) is 6.95. The maximum Gasteiger partial charge on any atom is 0.286 e. The fraction of sp³-hybridized carbons (Fsp3) is 0.267. The van der Waals surface area contributed by atoms with Crippen molar-refractivity contribution in [1.29, 1.82) is 0 Å². The molecule has 3 aromatic rings. The standard InChI is InChI=1S/C30H31NO5S/c1-3-8-24-19-23(26(20-34-2)21-9-5-4-6-10-21)13-16-27(24)36-18-7-17-35-25-14-11-22(12-15-25)28-29(32)31-30(33)37-28/h4-6,9-16,19-20,28H,3,7-8,17-18H2,1-2H3,(H,31,32,33)/b26-20-. The van der Waals surface area contributed by atoms with Gasteiger partial charge < -0.3 is 14.2 Å². The molecule has 0 bridgehead atoms. The number of methoxy groups -OCH3 is 1. The number of carbonyl (C=O) groups excluding carboxylic acids is 2. The highest BCUT2D eigenvalue weighted by atomic mass is 32.2. The molecule has 37 heavy (non-hydrogen) atoms. The molecule has 1 aliphatic rings. The van der Waals surface area contributed by atoms with Crippen molar-refractivity contribution in [3.8, 4) is 11.5 Å². The predicted molar refractivity (Wildman–Crippen MR) is 147 cm³/mol. The van der Waals surface area contributed by atoms with Gasteiger partial charge in [0.1, 0.15) is 16.7 Å². The zero-order valence-corrected chi connectivity index (χ0v) is 21.9. The molecular weight excluding hydrogens is 486 g/mol. The minimum atomic E-state index is -0.493. The molecule has 1 saturated heterocycles. The van der Waals surface area contributed by atoms with Crippen LogP contribution in [-0.4, -0.2) is 31.5 Å². The van der Waals surface area contributed by atoms with Gasteiger partial charge in [-0.3, -0.25) is 14.9 Å². The van der Waals surface area contributed by atoms with Crippen LogP contribution in [0.4, 0.5) is 4.79 Å². The number of hydrogen-bond acceptors (Lipinski definition) is 6. The van der Waals surface area contributed by atoms with E-state index in [2.05, 4.69) is 36.5 Å². The average molecular weight is 518 g/mol. The van der Waals surface area contributed by atoms with E-state index in [1.807, 2.05) is 48.5 Å². The van der Waals surface area contributed by atoms with Crippen LogP contribution < -0.4 is 14.8 Å². The molecule has 3 aromatic carbocycles. The second kappa shape index (κ2) is 13.0. The van der Waals surface area contributed by atoms with Gasteiger partial charge >= 0.3 is 0 Å². The van der Waals surface area contributed by atoms with Gasteiger partial charge in [-0.05, 0) is 64.7 Å². The lowest BCUT2D eigenvalue weighted by atomic mass is 9.96. The molecule has 1 aliphatic heterocycles. The SMILES string of the molecule is CCCc1cc(/C(=C\OC)c2ccccc2)ccc1OCCCOc1ccc(C2SC(=O)NC2=O)cc1. The monoisotopic (exact) mass is 517 g/mol. The topological polar surface area (TPSA) is 73.9 Å². The van der Waals surface area contributed by atoms with Gasteiger partial charge in [0.2, 0.25) is 5.91 Å². The summed E-state index contributed by atoms with van der Waals surface area (Å²) in [5, 5.41) is 1.50. The second-order valence-corrected chi connectivity index (χ2v) is 9.68. The molecule has 1 atom stereocenters. The number of thioether (sulfide) groups is 1. The Bertz CT molecular complexity index is 1240. The lowest BCUT2D eigenvalue weighted by Crippen LogP contribution is -2.20. The predicted octanol–water partition coefficient (Wildman–Crippen LogP) is 6.55. The van der Waals surface area contributed by atoms with Gasteiger partial charge in [-0.15, -0.1) is 0 Å². The maximum absolute atomic E-state index is 11.8. The second-order valence-electron chi connectivity index (χ2n) is 8.60. The van der Waals surface area contributed by atoms with Crippen LogP contribution in [0, 0.1) is 0 Å². The first-order valence-electron chi connectivity index (χ1n) is 12.4. The molecule has 192 valence electrons. The minimum absolute atomic E-state index is 0.276. The molecule has 1 unspecified atom stereocenters. The molecule has 7 heteroatoms. The van der Waals surface area contributed by atoms with Gasteiger partial charge in [0.25, 0.3) is 5.24 Å². The average Bonchev–Trinajstić information content (AvgIpc) is 3.26. The van der Waals surface area contributed by atoms with Gasteiger partial charge in [-0.2, -0.15) is 0 Å². The van der Waals surface area contributed by atoms with E-state index in [1.165, 1.54) is 5.56 Å². The summed E-state index contributed by atoms with van der Waals surface area (Å²) in [6.07, 6.45) is 4.45. The van der Waals surface area contributed by atoms with Crippen LogP contribution in [0.3, 0.4) is 0 Å². The van der Waals surface area contributed by atoms with Crippen LogP contribution in [0.25, 0.3) is 5.57 Å². The quantitative estimate of drug-likeness (QED) is 0.217. The van der Waals surface area contributed by atoms with E-state index in [1.54, 1.807) is 13.4 Å². The lowest BCUT2D eigenvalue weighted by Gasteiger charge is -2.15. The summed E-state index contributed by atoms with van der Waals surface area (Å²) in [6.45, 7) is 3.20. The van der Waals surface area contributed by atoms with Crippen molar-refractivity contribution < 1.29 is 23.8 Å². The number of benzene rings is 3. The first kappa shape index (κ1) is 26.4. The van der Waals surface area contributed by atoms with Crippen LogP contribution in [0.5, 0.6) is 11.5 Å². The van der Waals surface area contributed by atoms with Crippen molar-refractivity contribution in [3.63, 3.8) is 0 Å². The Morgan fingerprint density at radius 1 is 0.946 bits per heavy atom. The molecule has 0 aliphatic carbocycles. The summed E-state index contributed by atoms with van der Waals surface area (Å²) in [4.78, 5) is 23.2. The molecule has 6 nitrogen and oxygen atoms in total. The van der Waals surface area contributed by atoms with Crippen molar-refractivity contribution in [2.45, 2.75) is 31.4 Å².